The lowest BCUT2D eigenvalue weighted by Gasteiger charge is -2.18. The van der Waals surface area contributed by atoms with E-state index in [1.54, 1.807) is 0 Å². The van der Waals surface area contributed by atoms with Gasteiger partial charge in [-0.1, -0.05) is 35.0 Å². The fourth-order valence-electron chi connectivity index (χ4n) is 1.86. The molecule has 1 aliphatic rings. The van der Waals surface area contributed by atoms with Crippen molar-refractivity contribution in [1.29, 1.82) is 0 Å². The monoisotopic (exact) mass is 281 g/mol. The molecule has 0 saturated carbocycles. The Labute approximate surface area is 105 Å². The Balaban J connectivity index is 2.23. The van der Waals surface area contributed by atoms with E-state index >= 15 is 0 Å². The minimum Gasteiger partial charge on any atom is -0.478 e. The van der Waals surface area contributed by atoms with Crippen molar-refractivity contribution in [2.24, 2.45) is 4.99 Å². The molecule has 0 unspecified atom stereocenters. The van der Waals surface area contributed by atoms with Gasteiger partial charge in [-0.15, -0.1) is 0 Å². The highest BCUT2D eigenvalue weighted by Gasteiger charge is 2.32. The molecule has 0 aromatic heterocycles. The molecule has 0 aliphatic carbocycles. The van der Waals surface area contributed by atoms with Gasteiger partial charge in [0.15, 0.2) is 5.90 Å². The lowest BCUT2D eigenvalue weighted by Crippen LogP contribution is -2.20. The van der Waals surface area contributed by atoms with Gasteiger partial charge < -0.3 is 4.74 Å². The highest BCUT2D eigenvalue weighted by Crippen LogP contribution is 2.31. The first-order chi connectivity index (χ1) is 7.64. The van der Waals surface area contributed by atoms with Crippen molar-refractivity contribution in [3.8, 4) is 0 Å². The van der Waals surface area contributed by atoms with E-state index < -0.39 is 0 Å². The molecule has 1 aromatic carbocycles. The summed E-state index contributed by atoms with van der Waals surface area (Å²) < 4.78 is 6.73. The first kappa shape index (κ1) is 11.6. The van der Waals surface area contributed by atoms with E-state index in [0.29, 0.717) is 6.61 Å². The van der Waals surface area contributed by atoms with Gasteiger partial charge >= 0.3 is 0 Å². The van der Waals surface area contributed by atoms with E-state index in [9.17, 15) is 0 Å². The predicted molar refractivity (Wildman–Crippen MR) is 69.8 cm³/mol. The molecule has 1 aliphatic heterocycles. The van der Waals surface area contributed by atoms with Crippen LogP contribution in [0.3, 0.4) is 0 Å². The highest BCUT2D eigenvalue weighted by atomic mass is 79.9. The van der Waals surface area contributed by atoms with E-state index in [1.807, 2.05) is 12.1 Å². The molecule has 0 saturated heterocycles. The summed E-state index contributed by atoms with van der Waals surface area (Å²) in [5.74, 6) is 0.896. The maximum atomic E-state index is 5.63. The minimum atomic E-state index is -0.203. The number of rotatable bonds is 3. The van der Waals surface area contributed by atoms with Gasteiger partial charge in [0, 0.05) is 10.9 Å². The highest BCUT2D eigenvalue weighted by molar-refractivity contribution is 9.10. The van der Waals surface area contributed by atoms with Crippen LogP contribution in [0.1, 0.15) is 32.3 Å². The molecule has 2 rings (SSSR count). The van der Waals surface area contributed by atoms with Crippen LogP contribution in [0.5, 0.6) is 0 Å². The van der Waals surface area contributed by atoms with Gasteiger partial charge in [-0.05, 0) is 31.0 Å². The summed E-state index contributed by atoms with van der Waals surface area (Å²) in [6.45, 7) is 4.92. The second-order valence-corrected chi connectivity index (χ2v) is 5.24. The zero-order chi connectivity index (χ0) is 11.6. The van der Waals surface area contributed by atoms with Crippen LogP contribution >= 0.6 is 15.9 Å². The molecule has 0 bridgehead atoms. The van der Waals surface area contributed by atoms with Crippen LogP contribution in [-0.2, 0) is 10.3 Å². The van der Waals surface area contributed by atoms with Crippen molar-refractivity contribution in [3.63, 3.8) is 0 Å². The summed E-state index contributed by atoms with van der Waals surface area (Å²) in [6, 6.07) is 8.31. The van der Waals surface area contributed by atoms with Gasteiger partial charge in [0.05, 0.1) is 0 Å². The van der Waals surface area contributed by atoms with E-state index in [1.165, 1.54) is 5.56 Å². The summed E-state index contributed by atoms with van der Waals surface area (Å²) >= 11 is 3.44. The van der Waals surface area contributed by atoms with Gasteiger partial charge in [-0.2, -0.15) is 0 Å². The molecule has 16 heavy (non-hydrogen) atoms. The lowest BCUT2D eigenvalue weighted by molar-refractivity contribution is 0.264. The molecule has 1 atom stereocenters. The summed E-state index contributed by atoms with van der Waals surface area (Å²) in [5, 5.41) is 0. The van der Waals surface area contributed by atoms with Gasteiger partial charge in [0.25, 0.3) is 0 Å². The minimum absolute atomic E-state index is 0.203. The Bertz CT molecular complexity index is 399. The molecular formula is C13H16BrNO. The van der Waals surface area contributed by atoms with Crippen molar-refractivity contribution >= 4 is 21.8 Å². The van der Waals surface area contributed by atoms with Crippen LogP contribution < -0.4 is 0 Å². The van der Waals surface area contributed by atoms with Crippen LogP contribution in [-0.4, -0.2) is 12.5 Å². The van der Waals surface area contributed by atoms with Gasteiger partial charge in [0.2, 0.25) is 0 Å². The number of nitrogens with zero attached hydrogens (tertiary/aromatic N) is 1. The number of benzene rings is 1. The largest absolute Gasteiger partial charge is 0.478 e. The number of hydrogen-bond acceptors (Lipinski definition) is 2. The first-order valence-corrected chi connectivity index (χ1v) is 6.41. The summed E-state index contributed by atoms with van der Waals surface area (Å²) in [5.41, 5.74) is 1.01. The average molecular weight is 282 g/mol. The molecular weight excluding hydrogens is 266 g/mol. The molecule has 86 valence electrons. The Hall–Kier alpha value is -0.830. The lowest BCUT2D eigenvalue weighted by atomic mass is 9.94. The normalized spacial score (nSPS) is 24.1. The third kappa shape index (κ3) is 2.29. The third-order valence-electron chi connectivity index (χ3n) is 2.82. The zero-order valence-corrected chi connectivity index (χ0v) is 11.3. The zero-order valence-electron chi connectivity index (χ0n) is 9.66. The topological polar surface area (TPSA) is 21.6 Å². The van der Waals surface area contributed by atoms with Crippen molar-refractivity contribution in [1.82, 2.24) is 0 Å². The Morgan fingerprint density at radius 2 is 2.06 bits per heavy atom. The average Bonchev–Trinajstić information content (AvgIpc) is 2.63. The van der Waals surface area contributed by atoms with E-state index in [4.69, 9.17) is 4.74 Å². The van der Waals surface area contributed by atoms with Gasteiger partial charge in [-0.25, -0.2) is 4.99 Å². The maximum absolute atomic E-state index is 5.63. The molecule has 3 heteroatoms. The number of aliphatic imine (C=N–C) groups is 1. The quantitative estimate of drug-likeness (QED) is 0.824. The van der Waals surface area contributed by atoms with Crippen molar-refractivity contribution in [3.05, 3.63) is 34.3 Å². The second-order valence-electron chi connectivity index (χ2n) is 4.32. The SMILES string of the molecule is CCCC1=N[C@](C)(c2ccc(Br)cc2)CO1. The molecule has 2 nitrogen and oxygen atoms in total. The number of halogens is 1. The van der Waals surface area contributed by atoms with Crippen LogP contribution in [0.2, 0.25) is 0 Å². The fourth-order valence-corrected chi connectivity index (χ4v) is 2.13. The molecule has 0 fully saturated rings. The smallest absolute Gasteiger partial charge is 0.184 e. The Morgan fingerprint density at radius 3 is 2.69 bits per heavy atom. The molecule has 0 N–H and O–H groups in total. The number of ether oxygens (including phenoxy) is 1. The van der Waals surface area contributed by atoms with Crippen LogP contribution in [0.4, 0.5) is 0 Å². The summed E-state index contributed by atoms with van der Waals surface area (Å²) in [7, 11) is 0. The van der Waals surface area contributed by atoms with Gasteiger partial charge in [0.1, 0.15) is 12.1 Å². The molecule has 0 spiro atoms. The maximum Gasteiger partial charge on any atom is 0.184 e. The Kier molecular flexibility index (Phi) is 3.33. The summed E-state index contributed by atoms with van der Waals surface area (Å²) in [4.78, 5) is 4.69. The Morgan fingerprint density at radius 1 is 1.38 bits per heavy atom. The fraction of sp³-hybridized carbons (Fsp3) is 0.462. The van der Waals surface area contributed by atoms with Crippen molar-refractivity contribution in [2.75, 3.05) is 6.61 Å². The van der Waals surface area contributed by atoms with Gasteiger partial charge in [-0.3, -0.25) is 0 Å². The first-order valence-electron chi connectivity index (χ1n) is 5.61. The molecule has 0 radical (unpaired) electrons. The van der Waals surface area contributed by atoms with E-state index in [0.717, 1.165) is 23.2 Å². The molecule has 1 aromatic rings. The summed E-state index contributed by atoms with van der Waals surface area (Å²) in [6.07, 6.45) is 2.02. The molecule has 0 amide bonds. The van der Waals surface area contributed by atoms with Crippen LogP contribution in [0, 0.1) is 0 Å². The van der Waals surface area contributed by atoms with E-state index in [-0.39, 0.29) is 5.54 Å². The van der Waals surface area contributed by atoms with Crippen LogP contribution in [0.25, 0.3) is 0 Å². The third-order valence-corrected chi connectivity index (χ3v) is 3.35. The standard InChI is InChI=1S/C13H16BrNO/c1-3-4-12-15-13(2,9-16-12)10-5-7-11(14)8-6-10/h5-8H,3-4,9H2,1-2H3/t13-/m0/s1. The number of hydrogen-bond donors (Lipinski definition) is 0. The molecule has 1 heterocycles. The van der Waals surface area contributed by atoms with Crippen LogP contribution in [0.15, 0.2) is 33.7 Å². The van der Waals surface area contributed by atoms with E-state index in [2.05, 4.69) is 46.9 Å². The van der Waals surface area contributed by atoms with Crippen molar-refractivity contribution in [2.45, 2.75) is 32.2 Å². The van der Waals surface area contributed by atoms with Crippen molar-refractivity contribution < 1.29 is 4.74 Å². The predicted octanol–water partition coefficient (Wildman–Crippen LogP) is 3.89. The second kappa shape index (κ2) is 4.58.